The van der Waals surface area contributed by atoms with Gasteiger partial charge in [-0.1, -0.05) is 32.8 Å². The molecule has 0 aliphatic carbocycles. The molecule has 0 atom stereocenters. The first-order chi connectivity index (χ1) is 8.73. The lowest BCUT2D eigenvalue weighted by Gasteiger charge is -2.19. The van der Waals surface area contributed by atoms with Crippen LogP contribution >= 0.6 is 0 Å². The molecular weight excluding hydrogens is 244 g/mol. The zero-order chi connectivity index (χ0) is 14.9. The van der Waals surface area contributed by atoms with Gasteiger partial charge in [-0.3, -0.25) is 4.79 Å². The van der Waals surface area contributed by atoms with Crippen LogP contribution in [0.5, 0.6) is 0 Å². The molecule has 0 radical (unpaired) electrons. The molecule has 0 aliphatic rings. The Morgan fingerprint density at radius 2 is 1.79 bits per heavy atom. The molecule has 5 nitrogen and oxygen atoms in total. The predicted molar refractivity (Wildman–Crippen MR) is 75.9 cm³/mol. The molecule has 0 fully saturated rings. The fourth-order valence-electron chi connectivity index (χ4n) is 1.22. The normalized spacial score (nSPS) is 12.1. The molecule has 110 valence electrons. The Balaban J connectivity index is 3.69. The number of carboxylic acids is 1. The molecule has 0 aromatic heterocycles. The minimum absolute atomic E-state index is 0.0457. The minimum atomic E-state index is -0.770. The standard InChI is InChI=1S/C14H26N2O3/c1-11(14(2,3)4)10-16-13(19)15-9-7-5-6-8-12(17)18/h10H,5-9H2,1-4H3,(H,17,18)(H2,15,16,19)/b11-10+. The van der Waals surface area contributed by atoms with Crippen molar-refractivity contribution in [3.8, 4) is 0 Å². The number of rotatable bonds is 7. The van der Waals surface area contributed by atoms with E-state index in [1.54, 1.807) is 6.20 Å². The van der Waals surface area contributed by atoms with E-state index < -0.39 is 5.97 Å². The van der Waals surface area contributed by atoms with Crippen LogP contribution in [0, 0.1) is 5.41 Å². The van der Waals surface area contributed by atoms with Crippen LogP contribution in [0.1, 0.15) is 53.4 Å². The molecule has 0 aromatic rings. The van der Waals surface area contributed by atoms with Crippen LogP contribution in [0.2, 0.25) is 0 Å². The van der Waals surface area contributed by atoms with E-state index in [0.717, 1.165) is 18.4 Å². The fourth-order valence-corrected chi connectivity index (χ4v) is 1.22. The van der Waals surface area contributed by atoms with Crippen molar-refractivity contribution in [2.75, 3.05) is 6.54 Å². The zero-order valence-electron chi connectivity index (χ0n) is 12.4. The Morgan fingerprint density at radius 1 is 1.16 bits per heavy atom. The SMILES string of the molecule is C/C(=C\NC(=O)NCCCCCC(=O)O)C(C)(C)C. The van der Waals surface area contributed by atoms with Crippen molar-refractivity contribution in [2.24, 2.45) is 5.41 Å². The summed E-state index contributed by atoms with van der Waals surface area (Å²) in [6.07, 6.45) is 4.17. The Morgan fingerprint density at radius 3 is 2.32 bits per heavy atom. The number of carbonyl (C=O) groups excluding carboxylic acids is 1. The summed E-state index contributed by atoms with van der Waals surface area (Å²) in [5.41, 5.74) is 1.15. The molecule has 0 saturated carbocycles. The predicted octanol–water partition coefficient (Wildman–Crippen LogP) is 2.88. The van der Waals surface area contributed by atoms with E-state index in [4.69, 9.17) is 5.11 Å². The van der Waals surface area contributed by atoms with Crippen LogP contribution in [0.4, 0.5) is 4.79 Å². The smallest absolute Gasteiger partial charge is 0.318 e. The Labute approximate surface area is 115 Å². The molecule has 3 N–H and O–H groups in total. The monoisotopic (exact) mass is 270 g/mol. The highest BCUT2D eigenvalue weighted by molar-refractivity contribution is 5.74. The summed E-state index contributed by atoms with van der Waals surface area (Å²) in [5.74, 6) is -0.770. The number of nitrogens with one attached hydrogen (secondary N) is 2. The first-order valence-corrected chi connectivity index (χ1v) is 6.67. The van der Waals surface area contributed by atoms with Gasteiger partial charge in [-0.2, -0.15) is 0 Å². The number of carboxylic acid groups (broad SMARTS) is 1. The van der Waals surface area contributed by atoms with Gasteiger partial charge < -0.3 is 15.7 Å². The molecule has 0 heterocycles. The van der Waals surface area contributed by atoms with Gasteiger partial charge in [-0.05, 0) is 25.2 Å². The largest absolute Gasteiger partial charge is 0.481 e. The molecule has 2 amide bonds. The van der Waals surface area contributed by atoms with E-state index in [2.05, 4.69) is 31.4 Å². The lowest BCUT2D eigenvalue weighted by Crippen LogP contribution is -2.33. The Hall–Kier alpha value is -1.52. The summed E-state index contributed by atoms with van der Waals surface area (Å²) in [6, 6.07) is -0.221. The Kier molecular flexibility index (Phi) is 7.87. The van der Waals surface area contributed by atoms with Crippen molar-refractivity contribution >= 4 is 12.0 Å². The van der Waals surface area contributed by atoms with Gasteiger partial charge in [0.15, 0.2) is 0 Å². The highest BCUT2D eigenvalue weighted by atomic mass is 16.4. The molecule has 0 aliphatic heterocycles. The van der Waals surface area contributed by atoms with Gasteiger partial charge in [0, 0.05) is 19.2 Å². The van der Waals surface area contributed by atoms with E-state index in [0.29, 0.717) is 13.0 Å². The summed E-state index contributed by atoms with van der Waals surface area (Å²) < 4.78 is 0. The highest BCUT2D eigenvalue weighted by Crippen LogP contribution is 2.23. The molecule has 0 spiro atoms. The lowest BCUT2D eigenvalue weighted by atomic mass is 9.88. The quantitative estimate of drug-likeness (QED) is 0.622. The van der Waals surface area contributed by atoms with Gasteiger partial charge in [0.1, 0.15) is 0 Å². The van der Waals surface area contributed by atoms with Crippen molar-refractivity contribution in [3.05, 3.63) is 11.8 Å². The number of unbranched alkanes of at least 4 members (excludes halogenated alkanes) is 2. The van der Waals surface area contributed by atoms with Gasteiger partial charge >= 0.3 is 12.0 Å². The maximum atomic E-state index is 11.5. The van der Waals surface area contributed by atoms with Gasteiger partial charge in [0.25, 0.3) is 0 Å². The van der Waals surface area contributed by atoms with Crippen LogP contribution in [0.25, 0.3) is 0 Å². The second-order valence-electron chi connectivity index (χ2n) is 5.68. The lowest BCUT2D eigenvalue weighted by molar-refractivity contribution is -0.137. The van der Waals surface area contributed by atoms with E-state index in [9.17, 15) is 9.59 Å². The second kappa shape index (κ2) is 8.56. The van der Waals surface area contributed by atoms with Gasteiger partial charge in [-0.15, -0.1) is 0 Å². The van der Waals surface area contributed by atoms with E-state index in [1.807, 2.05) is 6.92 Å². The number of allylic oxidation sites excluding steroid dienone is 1. The number of aliphatic carboxylic acids is 1. The van der Waals surface area contributed by atoms with E-state index in [1.165, 1.54) is 0 Å². The number of carbonyl (C=O) groups is 2. The van der Waals surface area contributed by atoms with Crippen molar-refractivity contribution in [2.45, 2.75) is 53.4 Å². The number of hydrogen-bond acceptors (Lipinski definition) is 2. The molecule has 0 bridgehead atoms. The number of hydrogen-bond donors (Lipinski definition) is 3. The molecule has 0 unspecified atom stereocenters. The molecule has 0 saturated heterocycles. The molecular formula is C14H26N2O3. The summed E-state index contributed by atoms with van der Waals surface area (Å²) in [6.45, 7) is 8.79. The van der Waals surface area contributed by atoms with Crippen LogP contribution in [-0.4, -0.2) is 23.7 Å². The minimum Gasteiger partial charge on any atom is -0.481 e. The first-order valence-electron chi connectivity index (χ1n) is 6.67. The third-order valence-corrected chi connectivity index (χ3v) is 2.96. The maximum absolute atomic E-state index is 11.5. The Bertz CT molecular complexity index is 330. The van der Waals surface area contributed by atoms with Crippen LogP contribution < -0.4 is 10.6 Å². The zero-order valence-corrected chi connectivity index (χ0v) is 12.4. The first kappa shape index (κ1) is 17.5. The van der Waals surface area contributed by atoms with E-state index >= 15 is 0 Å². The van der Waals surface area contributed by atoms with E-state index in [-0.39, 0.29) is 17.9 Å². The number of amides is 2. The third kappa shape index (κ3) is 10.1. The number of urea groups is 1. The maximum Gasteiger partial charge on any atom is 0.318 e. The van der Waals surface area contributed by atoms with Crippen LogP contribution in [-0.2, 0) is 4.79 Å². The van der Waals surface area contributed by atoms with Crippen molar-refractivity contribution < 1.29 is 14.7 Å². The summed E-state index contributed by atoms with van der Waals surface area (Å²) in [4.78, 5) is 21.7. The molecule has 0 aromatic carbocycles. The summed E-state index contributed by atoms with van der Waals surface area (Å²) >= 11 is 0. The van der Waals surface area contributed by atoms with Crippen LogP contribution in [0.3, 0.4) is 0 Å². The third-order valence-electron chi connectivity index (χ3n) is 2.96. The van der Waals surface area contributed by atoms with Gasteiger partial charge in [-0.25, -0.2) is 4.79 Å². The van der Waals surface area contributed by atoms with Crippen LogP contribution in [0.15, 0.2) is 11.8 Å². The molecule has 5 heteroatoms. The molecule has 0 rings (SSSR count). The molecule has 19 heavy (non-hydrogen) atoms. The second-order valence-corrected chi connectivity index (χ2v) is 5.68. The average Bonchev–Trinajstić information content (AvgIpc) is 2.28. The summed E-state index contributed by atoms with van der Waals surface area (Å²) in [7, 11) is 0. The average molecular weight is 270 g/mol. The van der Waals surface area contributed by atoms with Crippen molar-refractivity contribution in [1.82, 2.24) is 10.6 Å². The highest BCUT2D eigenvalue weighted by Gasteiger charge is 2.12. The van der Waals surface area contributed by atoms with Gasteiger partial charge in [0.05, 0.1) is 0 Å². The topological polar surface area (TPSA) is 78.4 Å². The fraction of sp³-hybridized carbons (Fsp3) is 0.714. The summed E-state index contributed by atoms with van der Waals surface area (Å²) in [5, 5.41) is 13.9. The van der Waals surface area contributed by atoms with Crippen molar-refractivity contribution in [3.63, 3.8) is 0 Å². The van der Waals surface area contributed by atoms with Gasteiger partial charge in [0.2, 0.25) is 0 Å². The van der Waals surface area contributed by atoms with Crippen molar-refractivity contribution in [1.29, 1.82) is 0 Å².